The molecule has 0 radical (unpaired) electrons. The molecule has 234 valence electrons. The van der Waals surface area contributed by atoms with Crippen LogP contribution in [-0.2, 0) is 41.6 Å². The monoisotopic (exact) mass is 603 g/mol. The molecule has 7 rings (SSSR count). The fourth-order valence-electron chi connectivity index (χ4n) is 8.11. The van der Waals surface area contributed by atoms with Crippen LogP contribution in [-0.4, -0.2) is 66.7 Å². The normalized spacial score (nSPS) is 29.9. The fraction of sp³-hybridized carbons (Fsp3) is 0.543. The maximum Gasteiger partial charge on any atom is 0.339 e. The molecule has 0 saturated carbocycles. The molecule has 44 heavy (non-hydrogen) atoms. The smallest absolute Gasteiger partial charge is 0.339 e. The molecule has 4 aliphatic heterocycles. The molecule has 0 amide bonds. The molecule has 5 aliphatic rings. The highest BCUT2D eigenvalue weighted by molar-refractivity contribution is 5.86. The lowest BCUT2D eigenvalue weighted by Gasteiger charge is -2.44. The number of carbonyl (C=O) groups is 2. The Kier molecular flexibility index (Phi) is 7.36. The Morgan fingerprint density at radius 2 is 1.80 bits per heavy atom. The first-order valence-electron chi connectivity index (χ1n) is 15.8. The largest absolute Gasteiger partial charge is 0.497 e. The highest BCUT2D eigenvalue weighted by Gasteiger charge is 2.60. The van der Waals surface area contributed by atoms with Gasteiger partial charge in [-0.25, -0.2) is 4.79 Å². The van der Waals surface area contributed by atoms with Crippen LogP contribution in [0.25, 0.3) is 0 Å². The third-order valence-corrected chi connectivity index (χ3v) is 10.1. The topological polar surface area (TPSA) is 92.8 Å². The summed E-state index contributed by atoms with van der Waals surface area (Å²) in [5.41, 5.74) is 0.687. The number of rotatable bonds is 7. The summed E-state index contributed by atoms with van der Waals surface area (Å²) in [5, 5.41) is 0. The minimum atomic E-state index is -1.47. The van der Waals surface area contributed by atoms with Gasteiger partial charge in [0, 0.05) is 6.54 Å². The van der Waals surface area contributed by atoms with E-state index in [0.29, 0.717) is 17.9 Å². The average molecular weight is 604 g/mol. The first kappa shape index (κ1) is 29.2. The molecular formula is C35H41NO8. The number of hydrogen-bond acceptors (Lipinski definition) is 9. The Morgan fingerprint density at radius 3 is 2.57 bits per heavy atom. The van der Waals surface area contributed by atoms with Gasteiger partial charge in [-0.3, -0.25) is 9.69 Å². The third kappa shape index (κ3) is 5.04. The quantitative estimate of drug-likeness (QED) is 0.396. The molecule has 2 fully saturated rings. The van der Waals surface area contributed by atoms with Crippen LogP contribution in [0.4, 0.5) is 0 Å². The van der Waals surface area contributed by atoms with Gasteiger partial charge in [0.2, 0.25) is 6.79 Å². The Labute approximate surface area is 258 Å². The summed E-state index contributed by atoms with van der Waals surface area (Å²) in [6, 6.07) is 13.6. The minimum Gasteiger partial charge on any atom is -0.497 e. The first-order valence-corrected chi connectivity index (χ1v) is 15.8. The second kappa shape index (κ2) is 11.1. The second-order valence-corrected chi connectivity index (χ2v) is 13.3. The van der Waals surface area contributed by atoms with Crippen molar-refractivity contribution in [1.29, 1.82) is 0 Å². The lowest BCUT2D eigenvalue weighted by molar-refractivity contribution is -0.217. The summed E-state index contributed by atoms with van der Waals surface area (Å²) in [6.45, 7) is 6.06. The Bertz CT molecular complexity index is 1470. The lowest BCUT2D eigenvalue weighted by Crippen LogP contribution is -2.54. The zero-order valence-electron chi connectivity index (χ0n) is 25.8. The van der Waals surface area contributed by atoms with Crippen molar-refractivity contribution in [2.45, 2.75) is 94.2 Å². The number of ether oxygens (including phenoxy) is 6. The molecule has 2 saturated heterocycles. The molecule has 2 aromatic rings. The van der Waals surface area contributed by atoms with E-state index in [0.717, 1.165) is 67.6 Å². The number of carbonyl (C=O) groups excluding carboxylic acids is 2. The second-order valence-electron chi connectivity index (χ2n) is 13.3. The maximum atomic E-state index is 14.5. The Balaban J connectivity index is 1.21. The molecule has 9 heteroatoms. The summed E-state index contributed by atoms with van der Waals surface area (Å²) < 4.78 is 36.2. The molecule has 9 nitrogen and oxygen atoms in total. The van der Waals surface area contributed by atoms with E-state index in [1.807, 2.05) is 44.2 Å². The minimum absolute atomic E-state index is 0.126. The maximum absolute atomic E-state index is 14.5. The summed E-state index contributed by atoms with van der Waals surface area (Å²) >= 11 is 0. The molecule has 0 N–H and O–H groups in total. The molecule has 4 heterocycles. The average Bonchev–Trinajstić information content (AvgIpc) is 3.69. The van der Waals surface area contributed by atoms with Gasteiger partial charge in [-0.05, 0) is 93.8 Å². The highest BCUT2D eigenvalue weighted by Crippen LogP contribution is 2.56. The van der Waals surface area contributed by atoms with Crippen molar-refractivity contribution >= 4 is 11.9 Å². The van der Waals surface area contributed by atoms with E-state index in [1.54, 1.807) is 7.11 Å². The molecule has 3 unspecified atom stereocenters. The number of hydrogen-bond donors (Lipinski definition) is 0. The van der Waals surface area contributed by atoms with E-state index in [1.165, 1.54) is 0 Å². The SMILES string of the molecule is COC1=CC23CCCN2CCc2cc4c(cc2[C@@H]3C1OC(=O)C1(CC(=O)OCc2ccccc2)CCCC(C)(C)O1)OCO4. The van der Waals surface area contributed by atoms with Gasteiger partial charge < -0.3 is 28.4 Å². The van der Waals surface area contributed by atoms with Crippen LogP contribution < -0.4 is 9.47 Å². The van der Waals surface area contributed by atoms with Crippen molar-refractivity contribution in [1.82, 2.24) is 4.90 Å². The van der Waals surface area contributed by atoms with Gasteiger partial charge in [0.25, 0.3) is 0 Å². The van der Waals surface area contributed by atoms with Gasteiger partial charge >= 0.3 is 11.9 Å². The van der Waals surface area contributed by atoms with E-state index in [9.17, 15) is 9.59 Å². The van der Waals surface area contributed by atoms with Gasteiger partial charge in [-0.15, -0.1) is 0 Å². The van der Waals surface area contributed by atoms with Crippen LogP contribution in [0, 0.1) is 0 Å². The standard InChI is InChI=1S/C35H41NO8/c1-33(2)12-7-14-35(44-33,20-29(37)40-21-23-9-5-4-6-10-23)32(38)43-31-28(39-3)19-34-13-8-15-36(34)16-11-24-17-26-27(42-22-41-26)18-25(24)30(31)34/h4-6,9-10,17-19,30-31H,7-8,11-16,20-22H2,1-3H3/t30-,31?,34?,35?/m1/s1. The van der Waals surface area contributed by atoms with E-state index < -0.39 is 29.2 Å². The molecule has 4 atom stereocenters. The van der Waals surface area contributed by atoms with Gasteiger partial charge in [0.15, 0.2) is 23.2 Å². The van der Waals surface area contributed by atoms with Crippen LogP contribution >= 0.6 is 0 Å². The highest BCUT2D eigenvalue weighted by atomic mass is 16.7. The zero-order valence-corrected chi connectivity index (χ0v) is 25.8. The first-order chi connectivity index (χ1) is 21.2. The third-order valence-electron chi connectivity index (χ3n) is 10.1. The van der Waals surface area contributed by atoms with Crippen molar-refractivity contribution in [3.8, 4) is 11.5 Å². The van der Waals surface area contributed by atoms with Gasteiger partial charge in [-0.2, -0.15) is 0 Å². The zero-order chi connectivity index (χ0) is 30.5. The molecule has 2 aromatic carbocycles. The lowest BCUT2D eigenvalue weighted by atomic mass is 9.77. The molecular weight excluding hydrogens is 562 g/mol. The summed E-state index contributed by atoms with van der Waals surface area (Å²) in [7, 11) is 1.63. The van der Waals surface area contributed by atoms with Crippen LogP contribution in [0.2, 0.25) is 0 Å². The van der Waals surface area contributed by atoms with Gasteiger partial charge in [0.1, 0.15) is 12.4 Å². The van der Waals surface area contributed by atoms with Crippen LogP contribution in [0.1, 0.15) is 75.0 Å². The van der Waals surface area contributed by atoms with Gasteiger partial charge in [0.05, 0.1) is 30.6 Å². The number of methoxy groups -OCH3 is 1. The Morgan fingerprint density at radius 1 is 1.00 bits per heavy atom. The number of nitrogens with zero attached hydrogens (tertiary/aromatic N) is 1. The van der Waals surface area contributed by atoms with Crippen molar-refractivity contribution in [3.05, 3.63) is 71.0 Å². The van der Waals surface area contributed by atoms with Crippen LogP contribution in [0.3, 0.4) is 0 Å². The van der Waals surface area contributed by atoms with Crippen molar-refractivity contribution < 1.29 is 38.0 Å². The predicted molar refractivity (Wildman–Crippen MR) is 160 cm³/mol. The molecule has 1 spiro atoms. The summed E-state index contributed by atoms with van der Waals surface area (Å²) in [6.07, 6.45) is 5.94. The van der Waals surface area contributed by atoms with E-state index in [-0.39, 0.29) is 31.3 Å². The molecule has 0 aromatic heterocycles. The van der Waals surface area contributed by atoms with Crippen molar-refractivity contribution in [2.24, 2.45) is 0 Å². The van der Waals surface area contributed by atoms with Crippen molar-refractivity contribution in [2.75, 3.05) is 27.0 Å². The number of benzene rings is 2. The van der Waals surface area contributed by atoms with E-state index in [2.05, 4.69) is 23.1 Å². The summed E-state index contributed by atoms with van der Waals surface area (Å²) in [5.74, 6) is 0.812. The van der Waals surface area contributed by atoms with E-state index in [4.69, 9.17) is 28.4 Å². The fourth-order valence-corrected chi connectivity index (χ4v) is 8.11. The van der Waals surface area contributed by atoms with Crippen molar-refractivity contribution in [3.63, 3.8) is 0 Å². The van der Waals surface area contributed by atoms with Crippen LogP contribution in [0.15, 0.2) is 54.3 Å². The van der Waals surface area contributed by atoms with Crippen LogP contribution in [0.5, 0.6) is 11.5 Å². The van der Waals surface area contributed by atoms with Gasteiger partial charge in [-0.1, -0.05) is 30.3 Å². The van der Waals surface area contributed by atoms with E-state index >= 15 is 0 Å². The summed E-state index contributed by atoms with van der Waals surface area (Å²) in [4.78, 5) is 30.3. The Hall–Kier alpha value is -3.56. The number of fused-ring (bicyclic) bond motifs is 3. The molecule has 0 bridgehead atoms. The molecule has 1 aliphatic carbocycles. The number of esters is 2. The predicted octanol–water partition coefficient (Wildman–Crippen LogP) is 5.20.